The number of Topliss-reactive ketones (excluding diaryl/α,β-unsaturated/α-hetero) is 1. The molecule has 1 saturated heterocycles. The molecular formula is C38H56ClN5O6. The van der Waals surface area contributed by atoms with E-state index in [1.165, 1.54) is 11.3 Å². The quantitative estimate of drug-likeness (QED) is 0.218. The first-order chi connectivity index (χ1) is 23.7. The summed E-state index contributed by atoms with van der Waals surface area (Å²) in [4.78, 5) is 76.0. The van der Waals surface area contributed by atoms with Crippen molar-refractivity contribution < 1.29 is 28.8 Å². The Balaban J connectivity index is 1.60. The van der Waals surface area contributed by atoms with E-state index < -0.39 is 52.6 Å². The third-order valence-corrected chi connectivity index (χ3v) is 10.6. The number of oxime groups is 1. The van der Waals surface area contributed by atoms with Crippen LogP contribution < -0.4 is 16.0 Å². The van der Waals surface area contributed by atoms with Crippen molar-refractivity contribution in [2.45, 2.75) is 148 Å². The van der Waals surface area contributed by atoms with Crippen molar-refractivity contribution in [1.82, 2.24) is 20.9 Å². The van der Waals surface area contributed by atoms with Crippen molar-refractivity contribution in [3.8, 4) is 0 Å². The summed E-state index contributed by atoms with van der Waals surface area (Å²) in [6.07, 6.45) is 8.32. The summed E-state index contributed by atoms with van der Waals surface area (Å²) in [5.74, 6) is -2.31. The van der Waals surface area contributed by atoms with E-state index in [0.29, 0.717) is 42.8 Å². The van der Waals surface area contributed by atoms with Crippen molar-refractivity contribution in [3.05, 3.63) is 34.9 Å². The maximum absolute atomic E-state index is 14.6. The van der Waals surface area contributed by atoms with Gasteiger partial charge >= 0.3 is 0 Å². The Kier molecular flexibility index (Phi) is 13.5. The molecule has 1 aromatic carbocycles. The Bertz CT molecular complexity index is 1430. The highest BCUT2D eigenvalue weighted by Crippen LogP contribution is 2.40. The molecule has 1 spiro atoms. The second-order valence-corrected chi connectivity index (χ2v) is 15.9. The highest BCUT2D eigenvalue weighted by molar-refractivity contribution is 6.38. The molecule has 1 aromatic rings. The van der Waals surface area contributed by atoms with Crippen LogP contribution in [0, 0.1) is 11.3 Å². The van der Waals surface area contributed by atoms with Gasteiger partial charge in [-0.05, 0) is 55.6 Å². The standard InChI is InChI=1S/C38H56ClN5O6/c1-7-14-28(32(46)35(48)40-27(8-2)9-3)41-34(47)30-22-38(21-29(43-50-38)25-17-13-18-26(39)20-25)23-44(30)36(49)33(37(4,5)6)42-31(45)19-24-15-11-10-12-16-24/h13,17-18,20,24,27-28,30,33H,7-12,14-16,19,21-23H2,1-6H3,(H,40,48)(H,41,47)(H,42,45)/t28-,30-,33+,38+/m0/s1. The molecular weight excluding hydrogens is 658 g/mol. The van der Waals surface area contributed by atoms with E-state index >= 15 is 0 Å². The maximum Gasteiger partial charge on any atom is 0.289 e. The molecule has 276 valence electrons. The number of benzene rings is 1. The molecule has 12 heteroatoms. The fraction of sp³-hybridized carbons (Fsp3) is 0.684. The number of nitrogens with zero attached hydrogens (tertiary/aromatic N) is 2. The lowest BCUT2D eigenvalue weighted by Crippen LogP contribution is -2.59. The highest BCUT2D eigenvalue weighted by atomic mass is 35.5. The van der Waals surface area contributed by atoms with Crippen molar-refractivity contribution in [2.24, 2.45) is 16.5 Å². The van der Waals surface area contributed by atoms with Gasteiger partial charge in [-0.2, -0.15) is 0 Å². The Morgan fingerprint density at radius 1 is 1.02 bits per heavy atom. The lowest BCUT2D eigenvalue weighted by atomic mass is 9.84. The summed E-state index contributed by atoms with van der Waals surface area (Å²) in [5, 5.41) is 13.6. The molecule has 4 amide bonds. The topological polar surface area (TPSA) is 146 Å². The van der Waals surface area contributed by atoms with Crippen molar-refractivity contribution >= 4 is 46.7 Å². The van der Waals surface area contributed by atoms with Crippen LogP contribution in [-0.4, -0.2) is 76.3 Å². The molecule has 0 bridgehead atoms. The smallest absolute Gasteiger partial charge is 0.289 e. The summed E-state index contributed by atoms with van der Waals surface area (Å²) in [6.45, 7) is 11.4. The number of ketones is 1. The SMILES string of the molecule is CCC[C@H](NC(=O)[C@@H]1C[C@]2(CC(c3cccc(Cl)c3)=NO2)CN1C(=O)[C@@H](NC(=O)CC1CCCCC1)C(C)(C)C)C(=O)C(=O)NC(CC)CC. The molecule has 1 aliphatic carbocycles. The molecule has 2 heterocycles. The Hall–Kier alpha value is -3.47. The summed E-state index contributed by atoms with van der Waals surface area (Å²) < 4.78 is 0. The Morgan fingerprint density at radius 2 is 1.72 bits per heavy atom. The molecule has 3 aliphatic rings. The minimum atomic E-state index is -1.06. The van der Waals surface area contributed by atoms with Gasteiger partial charge in [0.2, 0.25) is 23.5 Å². The summed E-state index contributed by atoms with van der Waals surface area (Å²) >= 11 is 6.26. The second kappa shape index (κ2) is 17.2. The van der Waals surface area contributed by atoms with E-state index in [-0.39, 0.29) is 37.3 Å². The number of carbonyl (C=O) groups is 5. The first-order valence-corrected chi connectivity index (χ1v) is 18.8. The van der Waals surface area contributed by atoms with Crippen LogP contribution in [-0.2, 0) is 28.8 Å². The van der Waals surface area contributed by atoms with Crippen LogP contribution in [0.4, 0.5) is 0 Å². The fourth-order valence-electron chi connectivity index (χ4n) is 7.37. The van der Waals surface area contributed by atoms with Crippen LogP contribution in [0.5, 0.6) is 0 Å². The van der Waals surface area contributed by atoms with Gasteiger partial charge in [-0.1, -0.05) is 96.1 Å². The first kappa shape index (κ1) is 39.3. The van der Waals surface area contributed by atoms with Gasteiger partial charge < -0.3 is 25.7 Å². The lowest BCUT2D eigenvalue weighted by Gasteiger charge is -2.36. The molecule has 4 rings (SSSR count). The number of hydrogen-bond acceptors (Lipinski definition) is 7. The molecule has 0 unspecified atom stereocenters. The van der Waals surface area contributed by atoms with Gasteiger partial charge in [0.05, 0.1) is 18.3 Å². The predicted octanol–water partition coefficient (Wildman–Crippen LogP) is 5.46. The number of likely N-dealkylation sites (tertiary alicyclic amines) is 1. The van der Waals surface area contributed by atoms with E-state index in [4.69, 9.17) is 16.4 Å². The number of nitrogens with one attached hydrogen (secondary N) is 3. The first-order valence-electron chi connectivity index (χ1n) is 18.5. The zero-order valence-electron chi connectivity index (χ0n) is 30.6. The van der Waals surface area contributed by atoms with Crippen LogP contribution in [0.2, 0.25) is 5.02 Å². The van der Waals surface area contributed by atoms with E-state index in [0.717, 1.165) is 31.2 Å². The average Bonchev–Trinajstić information content (AvgIpc) is 3.68. The zero-order valence-corrected chi connectivity index (χ0v) is 31.4. The Morgan fingerprint density at radius 3 is 2.34 bits per heavy atom. The van der Waals surface area contributed by atoms with Crippen molar-refractivity contribution in [1.29, 1.82) is 0 Å². The van der Waals surface area contributed by atoms with Crippen LogP contribution in [0.25, 0.3) is 0 Å². The number of halogens is 1. The third-order valence-electron chi connectivity index (χ3n) is 10.4. The zero-order chi connectivity index (χ0) is 36.6. The van der Waals surface area contributed by atoms with Crippen LogP contribution in [0.15, 0.2) is 29.4 Å². The minimum Gasteiger partial charge on any atom is -0.387 e. The molecule has 2 aliphatic heterocycles. The van der Waals surface area contributed by atoms with Crippen molar-refractivity contribution in [3.63, 3.8) is 0 Å². The van der Waals surface area contributed by atoms with Gasteiger partial charge in [0.25, 0.3) is 5.91 Å². The summed E-state index contributed by atoms with van der Waals surface area (Å²) in [7, 11) is 0. The average molecular weight is 714 g/mol. The molecule has 0 radical (unpaired) electrons. The van der Waals surface area contributed by atoms with Gasteiger partial charge in [0, 0.05) is 35.9 Å². The monoisotopic (exact) mass is 713 g/mol. The molecule has 4 atom stereocenters. The second-order valence-electron chi connectivity index (χ2n) is 15.5. The maximum atomic E-state index is 14.6. The number of amides is 4. The van der Waals surface area contributed by atoms with E-state index in [1.54, 1.807) is 12.1 Å². The molecule has 50 heavy (non-hydrogen) atoms. The van der Waals surface area contributed by atoms with Gasteiger partial charge in [-0.15, -0.1) is 0 Å². The van der Waals surface area contributed by atoms with E-state index in [1.807, 2.05) is 53.7 Å². The molecule has 2 fully saturated rings. The lowest BCUT2D eigenvalue weighted by molar-refractivity contribution is -0.145. The van der Waals surface area contributed by atoms with Crippen LogP contribution in [0.1, 0.15) is 124 Å². The molecule has 0 aromatic heterocycles. The fourth-order valence-corrected chi connectivity index (χ4v) is 7.56. The normalized spacial score (nSPS) is 22.1. The summed E-state index contributed by atoms with van der Waals surface area (Å²) in [5.41, 5.74) is -0.268. The molecule has 1 saturated carbocycles. The van der Waals surface area contributed by atoms with Gasteiger partial charge in [-0.3, -0.25) is 24.0 Å². The van der Waals surface area contributed by atoms with Gasteiger partial charge in [0.15, 0.2) is 5.60 Å². The minimum absolute atomic E-state index is 0.0458. The highest BCUT2D eigenvalue weighted by Gasteiger charge is 2.55. The van der Waals surface area contributed by atoms with Crippen LogP contribution >= 0.6 is 11.6 Å². The molecule has 3 N–H and O–H groups in total. The van der Waals surface area contributed by atoms with Gasteiger partial charge in [-0.25, -0.2) is 0 Å². The third kappa shape index (κ3) is 9.86. The molecule has 11 nitrogen and oxygen atoms in total. The number of rotatable bonds is 14. The number of hydrogen-bond donors (Lipinski definition) is 3. The number of carbonyl (C=O) groups excluding carboxylic acids is 5. The Labute approximate surface area is 302 Å². The summed E-state index contributed by atoms with van der Waals surface area (Å²) in [6, 6.07) is 4.08. The van der Waals surface area contributed by atoms with Gasteiger partial charge in [0.1, 0.15) is 12.1 Å². The van der Waals surface area contributed by atoms with Crippen LogP contribution in [0.3, 0.4) is 0 Å². The predicted molar refractivity (Wildman–Crippen MR) is 193 cm³/mol. The van der Waals surface area contributed by atoms with E-state index in [9.17, 15) is 24.0 Å². The van der Waals surface area contributed by atoms with E-state index in [2.05, 4.69) is 21.1 Å². The van der Waals surface area contributed by atoms with Crippen molar-refractivity contribution in [2.75, 3.05) is 6.54 Å². The largest absolute Gasteiger partial charge is 0.387 e.